The number of likely N-dealkylation sites (tertiary alicyclic amines) is 1. The van der Waals surface area contributed by atoms with E-state index in [1.54, 1.807) is 23.1 Å². The fraction of sp³-hybridized carbons (Fsp3) is 0.385. The van der Waals surface area contributed by atoms with Crippen LogP contribution in [0.25, 0.3) is 5.76 Å². The highest BCUT2D eigenvalue weighted by Gasteiger charge is 2.50. The summed E-state index contributed by atoms with van der Waals surface area (Å²) in [5, 5.41) is 11.8. The zero-order valence-electron chi connectivity index (χ0n) is 20.1. The Morgan fingerprint density at radius 1 is 0.943 bits per heavy atom. The molecule has 9 heteroatoms. The number of nitrogens with zero attached hydrogens (tertiary/aromatic N) is 1. The maximum atomic E-state index is 13.5. The van der Waals surface area contributed by atoms with Crippen LogP contribution >= 0.6 is 11.6 Å². The van der Waals surface area contributed by atoms with Gasteiger partial charge in [-0.2, -0.15) is 0 Å². The lowest BCUT2D eigenvalue weighted by atomic mass is 9.93. The minimum Gasteiger partial charge on any atom is -0.507 e. The van der Waals surface area contributed by atoms with Crippen LogP contribution in [0, 0.1) is 0 Å². The van der Waals surface area contributed by atoms with Gasteiger partial charge in [-0.25, -0.2) is 0 Å². The number of halogens is 1. The number of aliphatic hydroxyl groups excluding tert-OH is 1. The van der Waals surface area contributed by atoms with Gasteiger partial charge >= 0.3 is 0 Å². The number of hydrogen-bond donors (Lipinski definition) is 1. The third kappa shape index (κ3) is 4.16. The van der Waals surface area contributed by atoms with Crippen molar-refractivity contribution in [1.82, 2.24) is 4.90 Å². The largest absolute Gasteiger partial charge is 0.507 e. The Hall–Kier alpha value is -3.39. The zero-order chi connectivity index (χ0) is 25.3. The van der Waals surface area contributed by atoms with Crippen molar-refractivity contribution in [3.05, 3.63) is 52.1 Å². The van der Waals surface area contributed by atoms with Gasteiger partial charge in [0.2, 0.25) is 0 Å². The van der Waals surface area contributed by atoms with E-state index in [4.69, 9.17) is 30.5 Å². The zero-order valence-corrected chi connectivity index (χ0v) is 20.8. The van der Waals surface area contributed by atoms with Gasteiger partial charge in [-0.15, -0.1) is 0 Å². The van der Waals surface area contributed by atoms with Gasteiger partial charge in [0.15, 0.2) is 11.5 Å². The van der Waals surface area contributed by atoms with Crippen molar-refractivity contribution in [3.8, 4) is 23.0 Å². The number of carbonyl (C=O) groups is 2. The molecule has 2 aromatic rings. The molecule has 2 aromatic carbocycles. The van der Waals surface area contributed by atoms with E-state index < -0.39 is 17.7 Å². The Labute approximate surface area is 209 Å². The first-order valence-corrected chi connectivity index (χ1v) is 11.7. The molecule has 0 spiro atoms. The molecule has 1 atom stereocenters. The molecular formula is C26H28ClNO7. The molecule has 0 radical (unpaired) electrons. The lowest BCUT2D eigenvalue weighted by Gasteiger charge is -2.31. The molecule has 1 unspecified atom stereocenters. The highest BCUT2D eigenvalue weighted by molar-refractivity contribution is 6.46. The SMILES string of the molecule is COc1cc(/C(O)=C2\C(=O)C(=O)N(C3CCCC3)C2c2cccc(OC)c2OC)c(OC)cc1Cl. The minimum absolute atomic E-state index is 0.0591. The first kappa shape index (κ1) is 24.7. The van der Waals surface area contributed by atoms with Crippen LogP contribution in [0.15, 0.2) is 35.9 Å². The number of ether oxygens (including phenoxy) is 4. The van der Waals surface area contributed by atoms with Crippen LogP contribution in [0.2, 0.25) is 5.02 Å². The molecule has 35 heavy (non-hydrogen) atoms. The lowest BCUT2D eigenvalue weighted by Crippen LogP contribution is -2.37. The van der Waals surface area contributed by atoms with Gasteiger partial charge in [-0.3, -0.25) is 9.59 Å². The van der Waals surface area contributed by atoms with Crippen molar-refractivity contribution in [1.29, 1.82) is 0 Å². The molecule has 4 rings (SSSR count). The topological polar surface area (TPSA) is 94.5 Å². The normalized spacial score (nSPS) is 19.8. The summed E-state index contributed by atoms with van der Waals surface area (Å²) in [4.78, 5) is 28.4. The van der Waals surface area contributed by atoms with Crippen LogP contribution in [0.3, 0.4) is 0 Å². The predicted molar refractivity (Wildman–Crippen MR) is 131 cm³/mol. The summed E-state index contributed by atoms with van der Waals surface area (Å²) >= 11 is 6.24. The van der Waals surface area contributed by atoms with E-state index in [1.807, 2.05) is 0 Å². The van der Waals surface area contributed by atoms with Crippen molar-refractivity contribution < 1.29 is 33.6 Å². The summed E-state index contributed by atoms with van der Waals surface area (Å²) in [5.41, 5.74) is 0.667. The summed E-state index contributed by atoms with van der Waals surface area (Å²) in [6.45, 7) is 0. The molecule has 2 aliphatic rings. The fourth-order valence-corrected chi connectivity index (χ4v) is 5.26. The molecule has 1 saturated carbocycles. The first-order valence-electron chi connectivity index (χ1n) is 11.3. The number of ketones is 1. The van der Waals surface area contributed by atoms with Crippen molar-refractivity contribution in [2.45, 2.75) is 37.8 Å². The number of aliphatic hydroxyl groups is 1. The second kappa shape index (κ2) is 10.1. The number of methoxy groups -OCH3 is 4. The molecule has 1 amide bonds. The van der Waals surface area contributed by atoms with Crippen molar-refractivity contribution in [2.75, 3.05) is 28.4 Å². The van der Waals surface area contributed by atoms with Crippen LogP contribution in [0.1, 0.15) is 42.9 Å². The van der Waals surface area contributed by atoms with Crippen molar-refractivity contribution >= 4 is 29.1 Å². The number of carbonyl (C=O) groups excluding carboxylic acids is 2. The molecule has 1 N–H and O–H groups in total. The van der Waals surface area contributed by atoms with Gasteiger partial charge < -0.3 is 29.0 Å². The second-order valence-electron chi connectivity index (χ2n) is 8.41. The van der Waals surface area contributed by atoms with Gasteiger partial charge in [-0.05, 0) is 25.0 Å². The van der Waals surface area contributed by atoms with Crippen LogP contribution in [-0.2, 0) is 9.59 Å². The maximum Gasteiger partial charge on any atom is 0.295 e. The van der Waals surface area contributed by atoms with Crippen molar-refractivity contribution in [3.63, 3.8) is 0 Å². The van der Waals surface area contributed by atoms with Crippen molar-refractivity contribution in [2.24, 2.45) is 0 Å². The van der Waals surface area contributed by atoms with E-state index in [9.17, 15) is 14.7 Å². The van der Waals surface area contributed by atoms with E-state index in [1.165, 1.54) is 40.6 Å². The predicted octanol–water partition coefficient (Wildman–Crippen LogP) is 4.74. The third-order valence-corrected chi connectivity index (χ3v) is 6.95. The number of benzene rings is 2. The van der Waals surface area contributed by atoms with Gasteiger partial charge in [0.25, 0.3) is 11.7 Å². The summed E-state index contributed by atoms with van der Waals surface area (Å²) in [7, 11) is 5.88. The van der Waals surface area contributed by atoms with Gasteiger partial charge in [0.05, 0.1) is 50.6 Å². The highest BCUT2D eigenvalue weighted by atomic mass is 35.5. The lowest BCUT2D eigenvalue weighted by molar-refractivity contribution is -0.141. The highest BCUT2D eigenvalue weighted by Crippen LogP contribution is 2.49. The number of amides is 1. The summed E-state index contributed by atoms with van der Waals surface area (Å²) in [5.74, 6) is -0.463. The minimum atomic E-state index is -0.880. The van der Waals surface area contributed by atoms with E-state index in [0.29, 0.717) is 17.1 Å². The van der Waals surface area contributed by atoms with Crippen LogP contribution in [0.5, 0.6) is 23.0 Å². The molecule has 8 nitrogen and oxygen atoms in total. The molecule has 1 saturated heterocycles. The summed E-state index contributed by atoms with van der Waals surface area (Å²) in [6.07, 6.45) is 3.46. The van der Waals surface area contributed by atoms with E-state index in [-0.39, 0.29) is 39.5 Å². The van der Waals surface area contributed by atoms with E-state index in [0.717, 1.165) is 25.7 Å². The van der Waals surface area contributed by atoms with Gasteiger partial charge in [0, 0.05) is 17.7 Å². The number of hydrogen-bond acceptors (Lipinski definition) is 7. The van der Waals surface area contributed by atoms with Crippen LogP contribution in [-0.4, -0.2) is 56.2 Å². The molecule has 0 bridgehead atoms. The Morgan fingerprint density at radius 3 is 2.20 bits per heavy atom. The smallest absolute Gasteiger partial charge is 0.295 e. The Kier molecular flexibility index (Phi) is 7.12. The first-order chi connectivity index (χ1) is 16.9. The fourth-order valence-electron chi connectivity index (χ4n) is 5.03. The quantitative estimate of drug-likeness (QED) is 0.332. The number of Topliss-reactive ketones (excluding diaryl/α,β-unsaturated/α-hetero) is 1. The Balaban J connectivity index is 2.01. The van der Waals surface area contributed by atoms with E-state index in [2.05, 4.69) is 0 Å². The average Bonchev–Trinajstić information content (AvgIpc) is 3.49. The Bertz CT molecular complexity index is 1190. The standard InChI is InChI=1S/C26H28ClNO7/c1-32-18-11-7-10-15(25(18)35-4)22-21(24(30)26(31)28(22)14-8-5-6-9-14)23(29)16-12-20(34-3)17(27)13-19(16)33-2/h7,10-14,22,29H,5-6,8-9H2,1-4H3/b23-21+. The molecule has 1 aliphatic heterocycles. The molecule has 0 aromatic heterocycles. The molecule has 2 fully saturated rings. The molecule has 186 valence electrons. The molecule has 1 heterocycles. The third-order valence-electron chi connectivity index (χ3n) is 6.66. The maximum absolute atomic E-state index is 13.5. The van der Waals surface area contributed by atoms with Gasteiger partial charge in [0.1, 0.15) is 17.3 Å². The Morgan fingerprint density at radius 2 is 1.60 bits per heavy atom. The molecular weight excluding hydrogens is 474 g/mol. The number of rotatable bonds is 7. The summed E-state index contributed by atoms with van der Waals surface area (Å²) < 4.78 is 21.9. The van der Waals surface area contributed by atoms with Gasteiger partial charge in [-0.1, -0.05) is 36.6 Å². The number of para-hydroxylation sites is 1. The van der Waals surface area contributed by atoms with Crippen LogP contribution in [0.4, 0.5) is 0 Å². The van der Waals surface area contributed by atoms with E-state index >= 15 is 0 Å². The second-order valence-corrected chi connectivity index (χ2v) is 8.82. The average molecular weight is 502 g/mol. The molecule has 1 aliphatic carbocycles. The monoisotopic (exact) mass is 501 g/mol. The summed E-state index contributed by atoms with van der Waals surface area (Å²) in [6, 6.07) is 7.22. The van der Waals surface area contributed by atoms with Crippen LogP contribution < -0.4 is 18.9 Å².